The molecule has 3 nitrogen and oxygen atoms in total. The predicted octanol–water partition coefficient (Wildman–Crippen LogP) is 3.34. The molecule has 98 valence electrons. The topological polar surface area (TPSA) is 46.5 Å². The van der Waals surface area contributed by atoms with Crippen LogP contribution in [0.15, 0.2) is 36.4 Å². The Hall–Kier alpha value is -2.43. The van der Waals surface area contributed by atoms with Gasteiger partial charge in [0.2, 0.25) is 0 Å². The second-order valence-corrected chi connectivity index (χ2v) is 3.84. The van der Waals surface area contributed by atoms with E-state index in [9.17, 15) is 13.6 Å². The second-order valence-electron chi connectivity index (χ2n) is 3.84. The zero-order valence-corrected chi connectivity index (χ0v) is 9.98. The smallest absolute Gasteiger partial charge is 0.335 e. The van der Waals surface area contributed by atoms with Gasteiger partial charge >= 0.3 is 5.97 Å². The summed E-state index contributed by atoms with van der Waals surface area (Å²) in [7, 11) is 1.39. The highest BCUT2D eigenvalue weighted by Gasteiger charge is 2.14. The highest BCUT2D eigenvalue weighted by Crippen LogP contribution is 2.32. The molecule has 0 saturated carbocycles. The van der Waals surface area contributed by atoms with Crippen LogP contribution in [0, 0.1) is 11.6 Å². The van der Waals surface area contributed by atoms with Gasteiger partial charge in [-0.25, -0.2) is 13.6 Å². The van der Waals surface area contributed by atoms with Crippen molar-refractivity contribution in [2.45, 2.75) is 0 Å². The van der Waals surface area contributed by atoms with Crippen molar-refractivity contribution in [2.75, 3.05) is 7.11 Å². The van der Waals surface area contributed by atoms with Crippen LogP contribution in [-0.2, 0) is 0 Å². The fourth-order valence-corrected chi connectivity index (χ4v) is 1.76. The first-order chi connectivity index (χ1) is 9.02. The zero-order valence-electron chi connectivity index (χ0n) is 9.98. The molecule has 0 aliphatic rings. The van der Waals surface area contributed by atoms with Gasteiger partial charge in [0, 0.05) is 11.1 Å². The van der Waals surface area contributed by atoms with Crippen molar-refractivity contribution < 1.29 is 23.4 Å². The van der Waals surface area contributed by atoms with Crippen molar-refractivity contribution in [1.82, 2.24) is 0 Å². The predicted molar refractivity (Wildman–Crippen MR) is 65.3 cm³/mol. The third kappa shape index (κ3) is 2.54. The maximum absolute atomic E-state index is 13.9. The molecule has 2 aromatic carbocycles. The SMILES string of the molecule is COc1ccc(F)cc1-c1ccc(C(=O)O)cc1F. The third-order valence-electron chi connectivity index (χ3n) is 2.67. The molecule has 0 atom stereocenters. The summed E-state index contributed by atoms with van der Waals surface area (Å²) in [5.41, 5.74) is 0.148. The summed E-state index contributed by atoms with van der Waals surface area (Å²) in [6.45, 7) is 0. The van der Waals surface area contributed by atoms with Gasteiger partial charge in [-0.15, -0.1) is 0 Å². The van der Waals surface area contributed by atoms with Gasteiger partial charge in [0.15, 0.2) is 0 Å². The first-order valence-corrected chi connectivity index (χ1v) is 5.39. The average Bonchev–Trinajstić information content (AvgIpc) is 2.38. The molecule has 0 radical (unpaired) electrons. The van der Waals surface area contributed by atoms with Crippen LogP contribution in [0.3, 0.4) is 0 Å². The van der Waals surface area contributed by atoms with Crippen molar-refractivity contribution in [3.63, 3.8) is 0 Å². The summed E-state index contributed by atoms with van der Waals surface area (Å²) < 4.78 is 32.2. The Labute approximate surface area is 108 Å². The number of benzene rings is 2. The maximum atomic E-state index is 13.9. The van der Waals surface area contributed by atoms with Crippen molar-refractivity contribution in [3.8, 4) is 16.9 Å². The second kappa shape index (κ2) is 5.06. The van der Waals surface area contributed by atoms with Gasteiger partial charge in [-0.3, -0.25) is 0 Å². The number of hydrogen-bond acceptors (Lipinski definition) is 2. The molecule has 19 heavy (non-hydrogen) atoms. The number of methoxy groups -OCH3 is 1. The number of aromatic carboxylic acids is 1. The highest BCUT2D eigenvalue weighted by atomic mass is 19.1. The maximum Gasteiger partial charge on any atom is 0.335 e. The monoisotopic (exact) mass is 264 g/mol. The number of rotatable bonds is 3. The van der Waals surface area contributed by atoms with Gasteiger partial charge in [-0.2, -0.15) is 0 Å². The quantitative estimate of drug-likeness (QED) is 0.924. The Morgan fingerprint density at radius 3 is 2.42 bits per heavy atom. The average molecular weight is 264 g/mol. The number of ether oxygens (including phenoxy) is 1. The Morgan fingerprint density at radius 2 is 1.84 bits per heavy atom. The van der Waals surface area contributed by atoms with Gasteiger partial charge in [-0.05, 0) is 30.3 Å². The van der Waals surface area contributed by atoms with Crippen LogP contribution >= 0.6 is 0 Å². The van der Waals surface area contributed by atoms with E-state index < -0.39 is 17.6 Å². The molecule has 5 heteroatoms. The molecular formula is C14H10F2O3. The minimum Gasteiger partial charge on any atom is -0.496 e. The lowest BCUT2D eigenvalue weighted by atomic mass is 10.0. The number of carboxylic acid groups (broad SMARTS) is 1. The summed E-state index contributed by atoms with van der Waals surface area (Å²) in [5, 5.41) is 8.76. The normalized spacial score (nSPS) is 10.3. The van der Waals surface area contributed by atoms with Crippen LogP contribution in [0.4, 0.5) is 8.78 Å². The zero-order chi connectivity index (χ0) is 14.0. The van der Waals surface area contributed by atoms with Crippen LogP contribution in [0.5, 0.6) is 5.75 Å². The lowest BCUT2D eigenvalue weighted by molar-refractivity contribution is 0.0696. The number of halogens is 2. The molecule has 0 saturated heterocycles. The van der Waals surface area contributed by atoms with Crippen LogP contribution in [0.25, 0.3) is 11.1 Å². The lowest BCUT2D eigenvalue weighted by Gasteiger charge is -2.10. The van der Waals surface area contributed by atoms with Crippen LogP contribution in [0.2, 0.25) is 0 Å². The molecule has 0 aromatic heterocycles. The minimum absolute atomic E-state index is 0.0846. The van der Waals surface area contributed by atoms with Crippen molar-refractivity contribution in [2.24, 2.45) is 0 Å². The fourth-order valence-electron chi connectivity index (χ4n) is 1.76. The van der Waals surface area contributed by atoms with Gasteiger partial charge in [0.1, 0.15) is 17.4 Å². The Balaban J connectivity index is 2.59. The summed E-state index contributed by atoms with van der Waals surface area (Å²) in [4.78, 5) is 10.7. The largest absolute Gasteiger partial charge is 0.496 e. The van der Waals surface area contributed by atoms with Crippen molar-refractivity contribution >= 4 is 5.97 Å². The van der Waals surface area contributed by atoms with Crippen molar-refractivity contribution in [3.05, 3.63) is 53.6 Å². The molecule has 2 rings (SSSR count). The first kappa shape index (κ1) is 13.0. The van der Waals surface area contributed by atoms with E-state index in [-0.39, 0.29) is 16.7 Å². The minimum atomic E-state index is -1.23. The third-order valence-corrected chi connectivity index (χ3v) is 2.67. The summed E-state index contributed by atoms with van der Waals surface area (Å²) in [6, 6.07) is 7.15. The Bertz CT molecular complexity index is 639. The lowest BCUT2D eigenvalue weighted by Crippen LogP contribution is -1.98. The summed E-state index contributed by atoms with van der Waals surface area (Å²) in [6.07, 6.45) is 0. The Kier molecular flexibility index (Phi) is 3.46. The molecular weight excluding hydrogens is 254 g/mol. The molecule has 0 fully saturated rings. The molecule has 0 amide bonds. The summed E-state index contributed by atoms with van der Waals surface area (Å²) >= 11 is 0. The molecule has 0 unspecified atom stereocenters. The Morgan fingerprint density at radius 1 is 1.11 bits per heavy atom. The van der Waals surface area contributed by atoms with Crippen molar-refractivity contribution in [1.29, 1.82) is 0 Å². The van der Waals surface area contributed by atoms with Gasteiger partial charge in [0.05, 0.1) is 12.7 Å². The van der Waals surface area contributed by atoms with Gasteiger partial charge < -0.3 is 9.84 Å². The number of carbonyl (C=O) groups is 1. The molecule has 0 heterocycles. The van der Waals surface area contributed by atoms with E-state index in [0.717, 1.165) is 12.1 Å². The van der Waals surface area contributed by atoms with E-state index in [1.54, 1.807) is 0 Å². The molecule has 0 bridgehead atoms. The van der Waals surface area contributed by atoms with Crippen LogP contribution in [0.1, 0.15) is 10.4 Å². The first-order valence-electron chi connectivity index (χ1n) is 5.39. The van der Waals surface area contributed by atoms with Gasteiger partial charge in [0.25, 0.3) is 0 Å². The van der Waals surface area contributed by atoms with E-state index in [1.807, 2.05) is 0 Å². The van der Waals surface area contributed by atoms with E-state index in [4.69, 9.17) is 9.84 Å². The van der Waals surface area contributed by atoms with Crippen LogP contribution < -0.4 is 4.74 Å². The number of hydrogen-bond donors (Lipinski definition) is 1. The van der Waals surface area contributed by atoms with E-state index in [2.05, 4.69) is 0 Å². The highest BCUT2D eigenvalue weighted by molar-refractivity contribution is 5.88. The molecule has 0 aliphatic carbocycles. The van der Waals surface area contributed by atoms with Crippen LogP contribution in [-0.4, -0.2) is 18.2 Å². The van der Waals surface area contributed by atoms with E-state index in [0.29, 0.717) is 5.75 Å². The molecule has 2 aromatic rings. The molecule has 0 aliphatic heterocycles. The van der Waals surface area contributed by atoms with E-state index >= 15 is 0 Å². The molecule has 1 N–H and O–H groups in total. The standard InChI is InChI=1S/C14H10F2O3/c1-19-13-5-3-9(15)7-11(13)10-4-2-8(14(17)18)6-12(10)16/h2-7H,1H3,(H,17,18). The molecule has 0 spiro atoms. The fraction of sp³-hybridized carbons (Fsp3) is 0.0714. The van der Waals surface area contributed by atoms with Gasteiger partial charge in [-0.1, -0.05) is 6.07 Å². The number of carboxylic acids is 1. The van der Waals surface area contributed by atoms with E-state index in [1.165, 1.54) is 31.4 Å². The summed E-state index contributed by atoms with van der Waals surface area (Å²) in [5.74, 6) is -2.19.